The van der Waals surface area contributed by atoms with E-state index in [1.165, 1.54) is 26.1 Å². The van der Waals surface area contributed by atoms with Crippen LogP contribution in [0.2, 0.25) is 0 Å². The highest BCUT2D eigenvalue weighted by Gasteiger charge is 2.26. The van der Waals surface area contributed by atoms with Crippen LogP contribution in [-0.2, 0) is 0 Å². The van der Waals surface area contributed by atoms with Gasteiger partial charge in [-0.3, -0.25) is 0 Å². The van der Waals surface area contributed by atoms with Gasteiger partial charge >= 0.3 is 0 Å². The summed E-state index contributed by atoms with van der Waals surface area (Å²) in [6.45, 7) is 13.1. The lowest BCUT2D eigenvalue weighted by Crippen LogP contribution is -2.49. The number of rotatable bonds is 2. The molecular weight excluding hydrogens is 172 g/mol. The molecule has 0 aromatic rings. The first kappa shape index (κ1) is 12.0. The third-order valence-electron chi connectivity index (χ3n) is 3.06. The van der Waals surface area contributed by atoms with Crippen molar-refractivity contribution in [2.45, 2.75) is 40.2 Å². The van der Waals surface area contributed by atoms with Crippen molar-refractivity contribution >= 4 is 0 Å². The number of nitrogens with zero attached hydrogens (tertiary/aromatic N) is 1. The van der Waals surface area contributed by atoms with Gasteiger partial charge in [0.25, 0.3) is 0 Å². The molecule has 1 aliphatic rings. The molecule has 1 rings (SSSR count). The van der Waals surface area contributed by atoms with Gasteiger partial charge in [-0.05, 0) is 31.3 Å². The molecule has 14 heavy (non-hydrogen) atoms. The van der Waals surface area contributed by atoms with Crippen LogP contribution in [-0.4, -0.2) is 37.6 Å². The molecule has 1 heterocycles. The number of piperidine rings is 1. The van der Waals surface area contributed by atoms with Crippen molar-refractivity contribution in [3.05, 3.63) is 0 Å². The van der Waals surface area contributed by atoms with E-state index >= 15 is 0 Å². The molecule has 0 spiro atoms. The van der Waals surface area contributed by atoms with Crippen molar-refractivity contribution in [2.75, 3.05) is 26.7 Å². The SMILES string of the molecule is CNC1CCN(CC(C)(C)C)CC1C. The van der Waals surface area contributed by atoms with Gasteiger partial charge in [0.15, 0.2) is 0 Å². The first-order chi connectivity index (χ1) is 6.42. The molecule has 1 aliphatic heterocycles. The summed E-state index contributed by atoms with van der Waals surface area (Å²) in [7, 11) is 2.08. The van der Waals surface area contributed by atoms with Gasteiger partial charge in [0.2, 0.25) is 0 Å². The average molecular weight is 198 g/mol. The minimum atomic E-state index is 0.437. The maximum Gasteiger partial charge on any atom is 0.0114 e. The monoisotopic (exact) mass is 198 g/mol. The van der Waals surface area contributed by atoms with Crippen molar-refractivity contribution in [1.82, 2.24) is 10.2 Å². The number of hydrogen-bond acceptors (Lipinski definition) is 2. The quantitative estimate of drug-likeness (QED) is 0.730. The van der Waals surface area contributed by atoms with E-state index in [9.17, 15) is 0 Å². The Morgan fingerprint density at radius 1 is 1.36 bits per heavy atom. The van der Waals surface area contributed by atoms with Crippen LogP contribution in [0.25, 0.3) is 0 Å². The molecule has 1 N–H and O–H groups in total. The van der Waals surface area contributed by atoms with Crippen LogP contribution in [0.4, 0.5) is 0 Å². The van der Waals surface area contributed by atoms with E-state index < -0.39 is 0 Å². The summed E-state index contributed by atoms with van der Waals surface area (Å²) < 4.78 is 0. The van der Waals surface area contributed by atoms with Crippen molar-refractivity contribution in [3.8, 4) is 0 Å². The minimum absolute atomic E-state index is 0.437. The number of likely N-dealkylation sites (tertiary alicyclic amines) is 1. The maximum absolute atomic E-state index is 3.41. The Kier molecular flexibility index (Phi) is 3.96. The topological polar surface area (TPSA) is 15.3 Å². The Morgan fingerprint density at radius 3 is 2.43 bits per heavy atom. The fourth-order valence-electron chi connectivity index (χ4n) is 2.48. The molecule has 1 saturated heterocycles. The fraction of sp³-hybridized carbons (Fsp3) is 1.00. The molecule has 0 aromatic heterocycles. The molecule has 0 amide bonds. The van der Waals surface area contributed by atoms with Crippen molar-refractivity contribution < 1.29 is 0 Å². The van der Waals surface area contributed by atoms with E-state index in [0.29, 0.717) is 5.41 Å². The van der Waals surface area contributed by atoms with Crippen LogP contribution in [0.15, 0.2) is 0 Å². The molecule has 2 nitrogen and oxygen atoms in total. The molecule has 2 unspecified atom stereocenters. The standard InChI is InChI=1S/C12H26N2/c1-10-8-14(9-12(2,3)4)7-6-11(10)13-5/h10-11,13H,6-9H2,1-5H3. The van der Waals surface area contributed by atoms with E-state index in [0.717, 1.165) is 12.0 Å². The van der Waals surface area contributed by atoms with E-state index in [-0.39, 0.29) is 0 Å². The highest BCUT2D eigenvalue weighted by atomic mass is 15.2. The summed E-state index contributed by atoms with van der Waals surface area (Å²) in [6.07, 6.45) is 1.30. The fourth-order valence-corrected chi connectivity index (χ4v) is 2.48. The van der Waals surface area contributed by atoms with E-state index in [1.807, 2.05) is 0 Å². The Balaban J connectivity index is 2.39. The summed E-state index contributed by atoms with van der Waals surface area (Å²) in [5.74, 6) is 0.788. The first-order valence-electron chi connectivity index (χ1n) is 5.82. The molecule has 0 aromatic carbocycles. The van der Waals surface area contributed by atoms with E-state index in [2.05, 4.69) is 45.0 Å². The molecule has 0 saturated carbocycles. The maximum atomic E-state index is 3.41. The molecule has 2 atom stereocenters. The third kappa shape index (κ3) is 3.58. The number of hydrogen-bond donors (Lipinski definition) is 1. The van der Waals surface area contributed by atoms with Gasteiger partial charge in [-0.2, -0.15) is 0 Å². The Bertz CT molecular complexity index is 172. The van der Waals surface area contributed by atoms with Crippen molar-refractivity contribution in [2.24, 2.45) is 11.3 Å². The predicted octanol–water partition coefficient (Wildman–Crippen LogP) is 1.96. The summed E-state index contributed by atoms with van der Waals surface area (Å²) in [4.78, 5) is 2.61. The molecule has 0 aliphatic carbocycles. The van der Waals surface area contributed by atoms with Crippen LogP contribution in [0.1, 0.15) is 34.1 Å². The minimum Gasteiger partial charge on any atom is -0.317 e. The largest absolute Gasteiger partial charge is 0.317 e. The molecule has 2 heteroatoms. The third-order valence-corrected chi connectivity index (χ3v) is 3.06. The van der Waals surface area contributed by atoms with Gasteiger partial charge in [0.1, 0.15) is 0 Å². The van der Waals surface area contributed by atoms with Crippen molar-refractivity contribution in [1.29, 1.82) is 0 Å². The summed E-state index contributed by atoms with van der Waals surface area (Å²) in [5.41, 5.74) is 0.437. The Hall–Kier alpha value is -0.0800. The van der Waals surface area contributed by atoms with Crippen LogP contribution < -0.4 is 5.32 Å². The molecule has 1 fully saturated rings. The van der Waals surface area contributed by atoms with Crippen LogP contribution in [0.5, 0.6) is 0 Å². The van der Waals surface area contributed by atoms with Gasteiger partial charge < -0.3 is 10.2 Å². The van der Waals surface area contributed by atoms with Crippen LogP contribution >= 0.6 is 0 Å². The lowest BCUT2D eigenvalue weighted by Gasteiger charge is -2.39. The Labute approximate surface area is 89.1 Å². The summed E-state index contributed by atoms with van der Waals surface area (Å²) >= 11 is 0. The van der Waals surface area contributed by atoms with E-state index in [1.54, 1.807) is 0 Å². The van der Waals surface area contributed by atoms with E-state index in [4.69, 9.17) is 0 Å². The van der Waals surface area contributed by atoms with Crippen molar-refractivity contribution in [3.63, 3.8) is 0 Å². The van der Waals surface area contributed by atoms with Crippen LogP contribution in [0, 0.1) is 11.3 Å². The van der Waals surface area contributed by atoms with Gasteiger partial charge in [0, 0.05) is 19.1 Å². The molecule has 84 valence electrons. The predicted molar refractivity (Wildman–Crippen MR) is 62.5 cm³/mol. The zero-order valence-electron chi connectivity index (χ0n) is 10.4. The lowest BCUT2D eigenvalue weighted by molar-refractivity contribution is 0.113. The summed E-state index contributed by atoms with van der Waals surface area (Å²) in [6, 6.07) is 0.728. The molecule has 0 bridgehead atoms. The zero-order chi connectivity index (χ0) is 10.8. The lowest BCUT2D eigenvalue weighted by atomic mass is 9.90. The highest BCUT2D eigenvalue weighted by molar-refractivity contribution is 4.83. The molecular formula is C12H26N2. The van der Waals surface area contributed by atoms with Gasteiger partial charge in [-0.15, -0.1) is 0 Å². The second-order valence-corrected chi connectivity index (χ2v) is 5.96. The van der Waals surface area contributed by atoms with Crippen LogP contribution in [0.3, 0.4) is 0 Å². The summed E-state index contributed by atoms with van der Waals surface area (Å²) in [5, 5.41) is 3.41. The second kappa shape index (κ2) is 4.63. The number of nitrogens with one attached hydrogen (secondary N) is 1. The first-order valence-corrected chi connectivity index (χ1v) is 5.82. The van der Waals surface area contributed by atoms with Gasteiger partial charge in [-0.25, -0.2) is 0 Å². The Morgan fingerprint density at radius 2 is 2.00 bits per heavy atom. The highest BCUT2D eigenvalue weighted by Crippen LogP contribution is 2.21. The second-order valence-electron chi connectivity index (χ2n) is 5.96. The van der Waals surface area contributed by atoms with Gasteiger partial charge in [-0.1, -0.05) is 27.7 Å². The average Bonchev–Trinajstić information content (AvgIpc) is 2.01. The van der Waals surface area contributed by atoms with Gasteiger partial charge in [0.05, 0.1) is 0 Å². The zero-order valence-corrected chi connectivity index (χ0v) is 10.4. The normalized spacial score (nSPS) is 30.6. The molecule has 0 radical (unpaired) electrons. The smallest absolute Gasteiger partial charge is 0.0114 e.